The van der Waals surface area contributed by atoms with Gasteiger partial charge in [0.05, 0.1) is 17.0 Å². The van der Waals surface area contributed by atoms with E-state index in [-0.39, 0.29) is 0 Å². The zero-order valence-corrected chi connectivity index (χ0v) is 13.2. The Hall–Kier alpha value is -1.20. The molecule has 1 aliphatic carbocycles. The Balaban J connectivity index is 1.72. The molecule has 2 heterocycles. The molecule has 0 bridgehead atoms. The Morgan fingerprint density at radius 2 is 2.25 bits per heavy atom. The van der Waals surface area contributed by atoms with E-state index < -0.39 is 0 Å². The highest BCUT2D eigenvalue weighted by atomic mass is 32.1. The molecule has 0 spiro atoms. The summed E-state index contributed by atoms with van der Waals surface area (Å²) in [6.45, 7) is 6.44. The van der Waals surface area contributed by atoms with E-state index in [4.69, 9.17) is 0 Å². The summed E-state index contributed by atoms with van der Waals surface area (Å²) in [5, 5.41) is 4.97. The summed E-state index contributed by atoms with van der Waals surface area (Å²) in [5.41, 5.74) is 1.17. The fourth-order valence-corrected chi connectivity index (χ4v) is 4.24. The predicted molar refractivity (Wildman–Crippen MR) is 82.0 cm³/mol. The topological polar surface area (TPSA) is 42.7 Å². The first-order valence-corrected chi connectivity index (χ1v) is 8.14. The molecule has 1 saturated carbocycles. The second-order valence-corrected chi connectivity index (χ2v) is 6.92. The van der Waals surface area contributed by atoms with Gasteiger partial charge in [-0.2, -0.15) is 0 Å². The summed E-state index contributed by atoms with van der Waals surface area (Å²) in [4.78, 5) is 10.1. The number of nitrogens with one attached hydrogen (secondary N) is 1. The molecule has 3 unspecified atom stereocenters. The largest absolute Gasteiger partial charge is 0.333 e. The van der Waals surface area contributed by atoms with Crippen molar-refractivity contribution < 1.29 is 0 Å². The molecule has 5 heteroatoms. The van der Waals surface area contributed by atoms with E-state index in [2.05, 4.69) is 46.8 Å². The first kappa shape index (κ1) is 13.8. The molecular weight excluding hydrogens is 268 g/mol. The van der Waals surface area contributed by atoms with Gasteiger partial charge in [-0.05, 0) is 40.0 Å². The SMILES string of the molecule is Cc1nc(C)c(C(C)NC2CCCC2n2ccnc2)s1. The maximum absolute atomic E-state index is 4.54. The lowest BCUT2D eigenvalue weighted by atomic mass is 10.1. The highest BCUT2D eigenvalue weighted by Crippen LogP contribution is 2.33. The van der Waals surface area contributed by atoms with Gasteiger partial charge in [0.15, 0.2) is 0 Å². The van der Waals surface area contributed by atoms with Gasteiger partial charge in [-0.1, -0.05) is 0 Å². The first-order valence-electron chi connectivity index (χ1n) is 7.32. The Morgan fingerprint density at radius 3 is 2.90 bits per heavy atom. The summed E-state index contributed by atoms with van der Waals surface area (Å²) in [7, 11) is 0. The fraction of sp³-hybridized carbons (Fsp3) is 0.600. The molecule has 0 aliphatic heterocycles. The van der Waals surface area contributed by atoms with Crippen molar-refractivity contribution >= 4 is 11.3 Å². The number of aromatic nitrogens is 3. The van der Waals surface area contributed by atoms with Crippen LogP contribution in [0.3, 0.4) is 0 Å². The summed E-state index contributed by atoms with van der Waals surface area (Å²) in [6, 6.07) is 1.44. The van der Waals surface area contributed by atoms with E-state index in [1.165, 1.54) is 29.8 Å². The number of imidazole rings is 1. The molecule has 1 N–H and O–H groups in total. The predicted octanol–water partition coefficient (Wildman–Crippen LogP) is 3.40. The summed E-state index contributed by atoms with van der Waals surface area (Å²) in [6.07, 6.45) is 9.66. The molecule has 4 nitrogen and oxygen atoms in total. The van der Waals surface area contributed by atoms with Gasteiger partial charge in [-0.25, -0.2) is 9.97 Å². The molecule has 0 aromatic carbocycles. The van der Waals surface area contributed by atoms with E-state index in [0.717, 1.165) is 5.01 Å². The smallest absolute Gasteiger partial charge is 0.0949 e. The van der Waals surface area contributed by atoms with Crippen molar-refractivity contribution in [2.45, 2.75) is 58.2 Å². The standard InChI is InChI=1S/C15H22N4S/c1-10-15(20-12(3)17-10)11(2)18-13-5-4-6-14(13)19-8-7-16-9-19/h7-9,11,13-14,18H,4-6H2,1-3H3. The third kappa shape index (κ3) is 2.65. The number of thiazole rings is 1. The molecule has 0 amide bonds. The first-order chi connectivity index (χ1) is 9.65. The van der Waals surface area contributed by atoms with Crippen LogP contribution in [0, 0.1) is 13.8 Å². The summed E-state index contributed by atoms with van der Waals surface area (Å²) in [5.74, 6) is 0. The van der Waals surface area contributed by atoms with Crippen molar-refractivity contribution in [3.63, 3.8) is 0 Å². The van der Waals surface area contributed by atoms with Crippen LogP contribution in [0.5, 0.6) is 0 Å². The normalized spacial score (nSPS) is 24.1. The van der Waals surface area contributed by atoms with Crippen LogP contribution in [-0.2, 0) is 0 Å². The lowest BCUT2D eigenvalue weighted by Gasteiger charge is -2.25. The average molecular weight is 290 g/mol. The van der Waals surface area contributed by atoms with E-state index in [1.54, 1.807) is 0 Å². The van der Waals surface area contributed by atoms with Crippen molar-refractivity contribution in [1.29, 1.82) is 0 Å². The van der Waals surface area contributed by atoms with Gasteiger partial charge in [0.25, 0.3) is 0 Å². The highest BCUT2D eigenvalue weighted by Gasteiger charge is 2.30. The van der Waals surface area contributed by atoms with Gasteiger partial charge in [0.2, 0.25) is 0 Å². The number of nitrogens with zero attached hydrogens (tertiary/aromatic N) is 3. The van der Waals surface area contributed by atoms with Crippen LogP contribution >= 0.6 is 11.3 Å². The monoisotopic (exact) mass is 290 g/mol. The zero-order valence-electron chi connectivity index (χ0n) is 12.3. The molecule has 3 atom stereocenters. The quantitative estimate of drug-likeness (QED) is 0.938. The second-order valence-electron chi connectivity index (χ2n) is 5.69. The molecule has 0 radical (unpaired) electrons. The molecule has 108 valence electrons. The number of hydrogen-bond donors (Lipinski definition) is 1. The van der Waals surface area contributed by atoms with Crippen LogP contribution < -0.4 is 5.32 Å². The number of hydrogen-bond acceptors (Lipinski definition) is 4. The van der Waals surface area contributed by atoms with Gasteiger partial charge in [0, 0.05) is 35.4 Å². The van der Waals surface area contributed by atoms with Gasteiger partial charge in [0.1, 0.15) is 0 Å². The van der Waals surface area contributed by atoms with Crippen LogP contribution in [-0.4, -0.2) is 20.6 Å². The van der Waals surface area contributed by atoms with E-state index in [9.17, 15) is 0 Å². The number of aryl methyl sites for hydroxylation is 2. The summed E-state index contributed by atoms with van der Waals surface area (Å²) < 4.78 is 2.25. The van der Waals surface area contributed by atoms with Gasteiger partial charge >= 0.3 is 0 Å². The average Bonchev–Trinajstić information content (AvgIpc) is 3.09. The van der Waals surface area contributed by atoms with E-state index in [0.29, 0.717) is 18.1 Å². The van der Waals surface area contributed by atoms with Crippen LogP contribution in [0.1, 0.15) is 53.8 Å². The fourth-order valence-electron chi connectivity index (χ4n) is 3.30. The molecule has 2 aromatic heterocycles. The maximum atomic E-state index is 4.54. The van der Waals surface area contributed by atoms with E-state index >= 15 is 0 Å². The van der Waals surface area contributed by atoms with Gasteiger partial charge in [-0.3, -0.25) is 0 Å². The lowest BCUT2D eigenvalue weighted by Crippen LogP contribution is -2.35. The Morgan fingerprint density at radius 1 is 1.40 bits per heavy atom. The van der Waals surface area contributed by atoms with Crippen LogP contribution in [0.15, 0.2) is 18.7 Å². The Kier molecular flexibility index (Phi) is 3.89. The molecule has 3 rings (SSSR count). The van der Waals surface area contributed by atoms with Crippen molar-refractivity contribution in [1.82, 2.24) is 19.9 Å². The van der Waals surface area contributed by atoms with Gasteiger partial charge < -0.3 is 9.88 Å². The lowest BCUT2D eigenvalue weighted by molar-refractivity contribution is 0.364. The highest BCUT2D eigenvalue weighted by molar-refractivity contribution is 7.11. The molecular formula is C15H22N4S. The van der Waals surface area contributed by atoms with Crippen molar-refractivity contribution in [2.75, 3.05) is 0 Å². The summed E-state index contributed by atoms with van der Waals surface area (Å²) >= 11 is 1.81. The molecule has 0 saturated heterocycles. The Labute approximate surface area is 124 Å². The van der Waals surface area contributed by atoms with Crippen molar-refractivity contribution in [3.05, 3.63) is 34.3 Å². The van der Waals surface area contributed by atoms with Gasteiger partial charge in [-0.15, -0.1) is 11.3 Å². The Bertz CT molecular complexity index is 560. The number of rotatable bonds is 4. The minimum atomic E-state index is 0.371. The van der Waals surface area contributed by atoms with Crippen LogP contribution in [0.25, 0.3) is 0 Å². The van der Waals surface area contributed by atoms with Crippen molar-refractivity contribution in [2.24, 2.45) is 0 Å². The van der Waals surface area contributed by atoms with Crippen LogP contribution in [0.2, 0.25) is 0 Å². The second kappa shape index (κ2) is 5.66. The zero-order chi connectivity index (χ0) is 14.1. The van der Waals surface area contributed by atoms with Crippen LogP contribution in [0.4, 0.5) is 0 Å². The molecule has 2 aromatic rings. The third-order valence-electron chi connectivity index (χ3n) is 4.18. The van der Waals surface area contributed by atoms with E-state index in [1.807, 2.05) is 23.9 Å². The minimum Gasteiger partial charge on any atom is -0.333 e. The van der Waals surface area contributed by atoms with Crippen molar-refractivity contribution in [3.8, 4) is 0 Å². The maximum Gasteiger partial charge on any atom is 0.0949 e. The molecule has 1 aliphatic rings. The molecule has 1 fully saturated rings. The third-order valence-corrected chi connectivity index (χ3v) is 5.44. The molecule has 20 heavy (non-hydrogen) atoms. The minimum absolute atomic E-state index is 0.371.